The minimum Gasteiger partial charge on any atom is -0.346 e. The Bertz CT molecular complexity index is 1040. The largest absolute Gasteiger partial charge is 0.346 e. The molecular weight excluding hydrogens is 360 g/mol. The first-order valence-corrected chi connectivity index (χ1v) is 9.90. The number of fused-ring (bicyclic) bond motifs is 1. The van der Waals surface area contributed by atoms with Crippen LogP contribution in [-0.4, -0.2) is 18.4 Å². The van der Waals surface area contributed by atoms with E-state index in [0.29, 0.717) is 5.56 Å². The maximum Gasteiger partial charge on any atom is 0.251 e. The van der Waals surface area contributed by atoms with Crippen molar-refractivity contribution < 1.29 is 9.59 Å². The van der Waals surface area contributed by atoms with Crippen LogP contribution in [0.25, 0.3) is 11.1 Å². The zero-order chi connectivity index (χ0) is 20.4. The first-order chi connectivity index (χ1) is 14.0. The Morgan fingerprint density at radius 1 is 0.931 bits per heavy atom. The second-order valence-corrected chi connectivity index (χ2v) is 7.45. The van der Waals surface area contributed by atoms with Gasteiger partial charge in [-0.1, -0.05) is 48.5 Å². The molecule has 1 N–H and O–H groups in total. The summed E-state index contributed by atoms with van der Waals surface area (Å²) < 4.78 is 0. The smallest absolute Gasteiger partial charge is 0.251 e. The lowest BCUT2D eigenvalue weighted by Crippen LogP contribution is -2.26. The maximum atomic E-state index is 12.6. The van der Waals surface area contributed by atoms with Crippen molar-refractivity contribution in [3.63, 3.8) is 0 Å². The minimum atomic E-state index is -0.0843. The third kappa shape index (κ3) is 3.92. The molecule has 0 radical (unpaired) electrons. The van der Waals surface area contributed by atoms with Crippen molar-refractivity contribution >= 4 is 17.5 Å². The van der Waals surface area contributed by atoms with Gasteiger partial charge in [-0.15, -0.1) is 0 Å². The highest BCUT2D eigenvalue weighted by atomic mass is 16.2. The van der Waals surface area contributed by atoms with Crippen molar-refractivity contribution in [2.45, 2.75) is 26.3 Å². The molecule has 0 saturated carbocycles. The van der Waals surface area contributed by atoms with Crippen molar-refractivity contribution in [3.05, 3.63) is 89.5 Å². The van der Waals surface area contributed by atoms with Crippen molar-refractivity contribution in [1.29, 1.82) is 0 Å². The molecule has 0 aliphatic carbocycles. The van der Waals surface area contributed by atoms with E-state index in [1.54, 1.807) is 6.92 Å². The van der Waals surface area contributed by atoms with Gasteiger partial charge in [0.25, 0.3) is 5.91 Å². The Hall–Kier alpha value is -3.40. The van der Waals surface area contributed by atoms with Crippen LogP contribution in [0.4, 0.5) is 5.69 Å². The standard InChI is InChI=1S/C25H24N2O2/c1-17(19-6-4-3-5-7-19)26-25(29)21-10-8-20(9-11-21)22-12-13-24-23(16-22)14-15-27(24)18(2)28/h3-13,16-17H,14-15H2,1-2H3,(H,26,29)/t17-/m1/s1. The molecule has 1 heterocycles. The molecule has 0 aromatic heterocycles. The molecule has 4 rings (SSSR count). The summed E-state index contributed by atoms with van der Waals surface area (Å²) in [5.41, 5.74) is 6.07. The van der Waals surface area contributed by atoms with Crippen LogP contribution >= 0.6 is 0 Å². The van der Waals surface area contributed by atoms with E-state index in [1.807, 2.05) is 78.6 Å². The van der Waals surface area contributed by atoms with Gasteiger partial charge in [0.15, 0.2) is 0 Å². The highest BCUT2D eigenvalue weighted by Gasteiger charge is 2.22. The number of carbonyl (C=O) groups excluding carboxylic acids is 2. The van der Waals surface area contributed by atoms with Gasteiger partial charge in [0.1, 0.15) is 0 Å². The van der Waals surface area contributed by atoms with E-state index in [9.17, 15) is 9.59 Å². The molecule has 0 spiro atoms. The number of hydrogen-bond donors (Lipinski definition) is 1. The molecule has 3 aromatic rings. The van der Waals surface area contributed by atoms with Gasteiger partial charge in [0.05, 0.1) is 6.04 Å². The average molecular weight is 384 g/mol. The van der Waals surface area contributed by atoms with Crippen molar-refractivity contribution in [3.8, 4) is 11.1 Å². The molecule has 0 fully saturated rings. The van der Waals surface area contributed by atoms with Crippen molar-refractivity contribution in [2.24, 2.45) is 0 Å². The summed E-state index contributed by atoms with van der Waals surface area (Å²) in [6.45, 7) is 4.33. The van der Waals surface area contributed by atoms with Crippen molar-refractivity contribution in [1.82, 2.24) is 5.32 Å². The molecule has 3 aromatic carbocycles. The van der Waals surface area contributed by atoms with Crippen LogP contribution in [0.3, 0.4) is 0 Å². The molecular formula is C25H24N2O2. The Labute approximate surface area is 171 Å². The Kier molecular flexibility index (Phi) is 5.17. The Balaban J connectivity index is 1.48. The van der Waals surface area contributed by atoms with E-state index in [0.717, 1.165) is 35.3 Å². The summed E-state index contributed by atoms with van der Waals surface area (Å²) in [5.74, 6) is -0.00412. The SMILES string of the molecule is CC(=O)N1CCc2cc(-c3ccc(C(=O)N[C@H](C)c4ccccc4)cc3)ccc21. The summed E-state index contributed by atoms with van der Waals surface area (Å²) >= 11 is 0. The highest BCUT2D eigenvalue weighted by molar-refractivity contribution is 5.95. The number of carbonyl (C=O) groups is 2. The third-order valence-corrected chi connectivity index (χ3v) is 5.48. The zero-order valence-corrected chi connectivity index (χ0v) is 16.7. The number of rotatable bonds is 4. The predicted octanol–water partition coefficient (Wildman–Crippen LogP) is 4.75. The predicted molar refractivity (Wildman–Crippen MR) is 116 cm³/mol. The molecule has 0 bridgehead atoms. The number of hydrogen-bond acceptors (Lipinski definition) is 2. The van der Waals surface area contributed by atoms with Gasteiger partial charge in [-0.2, -0.15) is 0 Å². The molecule has 29 heavy (non-hydrogen) atoms. The van der Waals surface area contributed by atoms with E-state index < -0.39 is 0 Å². The topological polar surface area (TPSA) is 49.4 Å². The van der Waals surface area contributed by atoms with Gasteiger partial charge >= 0.3 is 0 Å². The molecule has 146 valence electrons. The van der Waals surface area contributed by atoms with Crippen molar-refractivity contribution in [2.75, 3.05) is 11.4 Å². The Morgan fingerprint density at radius 3 is 2.31 bits per heavy atom. The fourth-order valence-corrected chi connectivity index (χ4v) is 3.83. The monoisotopic (exact) mass is 384 g/mol. The second kappa shape index (κ2) is 7.92. The molecule has 4 nitrogen and oxygen atoms in total. The number of benzene rings is 3. The summed E-state index contributed by atoms with van der Waals surface area (Å²) in [7, 11) is 0. The van der Waals surface area contributed by atoms with Gasteiger partial charge in [-0.25, -0.2) is 0 Å². The summed E-state index contributed by atoms with van der Waals surface area (Å²) in [4.78, 5) is 26.1. The van der Waals surface area contributed by atoms with E-state index in [4.69, 9.17) is 0 Å². The zero-order valence-electron chi connectivity index (χ0n) is 16.7. The normalized spacial score (nSPS) is 13.7. The Morgan fingerprint density at radius 2 is 1.62 bits per heavy atom. The maximum absolute atomic E-state index is 12.6. The first-order valence-electron chi connectivity index (χ1n) is 9.90. The molecule has 0 saturated heterocycles. The number of nitrogens with one attached hydrogen (secondary N) is 1. The van der Waals surface area contributed by atoms with Crippen LogP contribution < -0.4 is 10.2 Å². The van der Waals surface area contributed by atoms with Gasteiger partial charge in [-0.3, -0.25) is 9.59 Å². The second-order valence-electron chi connectivity index (χ2n) is 7.45. The van der Waals surface area contributed by atoms with Crippen LogP contribution in [0.2, 0.25) is 0 Å². The lowest BCUT2D eigenvalue weighted by molar-refractivity contribution is -0.116. The quantitative estimate of drug-likeness (QED) is 0.705. The van der Waals surface area contributed by atoms with Gasteiger partial charge in [0, 0.05) is 24.7 Å². The molecule has 1 aliphatic heterocycles. The summed E-state index contributed by atoms with van der Waals surface area (Å²) in [6.07, 6.45) is 0.876. The van der Waals surface area contributed by atoms with Gasteiger partial charge in [-0.05, 0) is 59.9 Å². The molecule has 2 amide bonds. The fourth-order valence-electron chi connectivity index (χ4n) is 3.83. The average Bonchev–Trinajstić information content (AvgIpc) is 3.18. The number of anilines is 1. The summed E-state index contributed by atoms with van der Waals surface area (Å²) in [5, 5.41) is 3.04. The van der Waals surface area contributed by atoms with Crippen LogP contribution in [0.15, 0.2) is 72.8 Å². The number of nitrogens with zero attached hydrogens (tertiary/aromatic N) is 1. The molecule has 4 heteroatoms. The van der Waals surface area contributed by atoms with E-state index in [1.165, 1.54) is 5.56 Å². The van der Waals surface area contributed by atoms with Crippen LogP contribution in [-0.2, 0) is 11.2 Å². The molecule has 0 unspecified atom stereocenters. The highest BCUT2D eigenvalue weighted by Crippen LogP contribution is 2.32. The van der Waals surface area contributed by atoms with E-state index in [-0.39, 0.29) is 17.9 Å². The molecule has 1 aliphatic rings. The lowest BCUT2D eigenvalue weighted by atomic mass is 10.00. The van der Waals surface area contributed by atoms with Gasteiger partial charge < -0.3 is 10.2 Å². The van der Waals surface area contributed by atoms with E-state index in [2.05, 4.69) is 11.4 Å². The molecule has 1 atom stereocenters. The van der Waals surface area contributed by atoms with Gasteiger partial charge in [0.2, 0.25) is 5.91 Å². The first kappa shape index (κ1) is 18.9. The van der Waals surface area contributed by atoms with Crippen LogP contribution in [0, 0.1) is 0 Å². The third-order valence-electron chi connectivity index (χ3n) is 5.48. The van der Waals surface area contributed by atoms with E-state index >= 15 is 0 Å². The lowest BCUT2D eigenvalue weighted by Gasteiger charge is -2.15. The number of amides is 2. The fraction of sp³-hybridized carbons (Fsp3) is 0.200. The van der Waals surface area contributed by atoms with Crippen LogP contribution in [0.1, 0.15) is 41.4 Å². The summed E-state index contributed by atoms with van der Waals surface area (Å²) in [6, 6.07) is 23.7. The van der Waals surface area contributed by atoms with Crippen LogP contribution in [0.5, 0.6) is 0 Å². The minimum absolute atomic E-state index is 0.0516.